The average Bonchev–Trinajstić information content (AvgIpc) is 2.46. The fourth-order valence-corrected chi connectivity index (χ4v) is 1.87. The predicted molar refractivity (Wildman–Crippen MR) is 62.0 cm³/mol. The summed E-state index contributed by atoms with van der Waals surface area (Å²) in [7, 11) is 0. The van der Waals surface area contributed by atoms with Crippen LogP contribution in [-0.4, -0.2) is 9.61 Å². The summed E-state index contributed by atoms with van der Waals surface area (Å²) in [5, 5.41) is 4.31. The molecule has 2 nitrogen and oxygen atoms in total. The Morgan fingerprint density at radius 3 is 2.85 bits per heavy atom. The van der Waals surface area contributed by atoms with E-state index < -0.39 is 0 Å². The van der Waals surface area contributed by atoms with E-state index in [0.29, 0.717) is 5.92 Å². The molecule has 13 heavy (non-hydrogen) atoms. The van der Waals surface area contributed by atoms with Crippen LogP contribution in [0, 0.1) is 3.57 Å². The Kier molecular flexibility index (Phi) is 2.27. The Hall–Kier alpha value is -0.580. The number of hydrogen-bond donors (Lipinski definition) is 0. The van der Waals surface area contributed by atoms with Gasteiger partial charge in [0.25, 0.3) is 0 Å². The van der Waals surface area contributed by atoms with E-state index in [9.17, 15) is 0 Å². The lowest BCUT2D eigenvalue weighted by Gasteiger charge is -2.01. The zero-order valence-corrected chi connectivity index (χ0v) is 9.82. The number of hydrogen-bond acceptors (Lipinski definition) is 1. The maximum atomic E-state index is 4.31. The van der Waals surface area contributed by atoms with Crippen molar-refractivity contribution in [2.24, 2.45) is 0 Å². The van der Waals surface area contributed by atoms with E-state index in [1.165, 1.54) is 14.7 Å². The standard InChI is InChI=1S/C10H11IN2/c1-7(2)9-5-12-13-6-8(11)3-4-10(9)13/h3-7H,1-2H3. The zero-order chi connectivity index (χ0) is 9.42. The van der Waals surface area contributed by atoms with Crippen molar-refractivity contribution >= 4 is 28.1 Å². The monoisotopic (exact) mass is 286 g/mol. The molecular weight excluding hydrogens is 275 g/mol. The highest BCUT2D eigenvalue weighted by Gasteiger charge is 2.06. The van der Waals surface area contributed by atoms with Gasteiger partial charge in [0.15, 0.2) is 0 Å². The summed E-state index contributed by atoms with van der Waals surface area (Å²) in [6.07, 6.45) is 4.00. The molecule has 0 aromatic carbocycles. The van der Waals surface area contributed by atoms with E-state index in [4.69, 9.17) is 0 Å². The normalized spacial score (nSPS) is 11.4. The molecule has 2 heterocycles. The van der Waals surface area contributed by atoms with Crippen LogP contribution in [0.5, 0.6) is 0 Å². The third-order valence-electron chi connectivity index (χ3n) is 2.13. The second-order valence-electron chi connectivity index (χ2n) is 3.43. The Labute approximate surface area is 91.1 Å². The molecule has 2 aromatic heterocycles. The fraction of sp³-hybridized carbons (Fsp3) is 0.300. The summed E-state index contributed by atoms with van der Waals surface area (Å²) in [4.78, 5) is 0. The number of halogens is 1. The topological polar surface area (TPSA) is 17.3 Å². The number of nitrogens with zero attached hydrogens (tertiary/aromatic N) is 2. The number of fused-ring (bicyclic) bond motifs is 1. The van der Waals surface area contributed by atoms with Gasteiger partial charge < -0.3 is 0 Å². The van der Waals surface area contributed by atoms with Gasteiger partial charge in [-0.05, 0) is 40.6 Å². The molecule has 0 bridgehead atoms. The molecule has 0 radical (unpaired) electrons. The molecule has 0 spiro atoms. The van der Waals surface area contributed by atoms with Gasteiger partial charge in [-0.1, -0.05) is 13.8 Å². The summed E-state index contributed by atoms with van der Waals surface area (Å²) >= 11 is 2.29. The van der Waals surface area contributed by atoms with E-state index in [1.54, 1.807) is 0 Å². The number of pyridine rings is 1. The second kappa shape index (κ2) is 3.29. The molecule has 0 saturated carbocycles. The van der Waals surface area contributed by atoms with Gasteiger partial charge in [-0.15, -0.1) is 0 Å². The Morgan fingerprint density at radius 1 is 1.38 bits per heavy atom. The van der Waals surface area contributed by atoms with Crippen LogP contribution in [0.2, 0.25) is 0 Å². The van der Waals surface area contributed by atoms with Crippen molar-refractivity contribution in [1.29, 1.82) is 0 Å². The van der Waals surface area contributed by atoms with Crippen LogP contribution in [0.4, 0.5) is 0 Å². The molecule has 0 aliphatic rings. The highest BCUT2D eigenvalue weighted by Crippen LogP contribution is 2.20. The van der Waals surface area contributed by atoms with Crippen LogP contribution < -0.4 is 0 Å². The Balaban J connectivity index is 2.69. The third kappa shape index (κ3) is 1.57. The SMILES string of the molecule is CC(C)c1cnn2cc(I)ccc12. The maximum absolute atomic E-state index is 4.31. The smallest absolute Gasteiger partial charge is 0.0696 e. The van der Waals surface area contributed by atoms with Crippen molar-refractivity contribution in [2.45, 2.75) is 19.8 Å². The minimum atomic E-state index is 0.539. The van der Waals surface area contributed by atoms with Crippen molar-refractivity contribution < 1.29 is 0 Å². The van der Waals surface area contributed by atoms with Gasteiger partial charge in [0, 0.05) is 15.3 Å². The van der Waals surface area contributed by atoms with Gasteiger partial charge in [-0.3, -0.25) is 0 Å². The van der Waals surface area contributed by atoms with E-state index >= 15 is 0 Å². The van der Waals surface area contributed by atoms with E-state index in [1.807, 2.05) is 16.9 Å². The molecule has 0 atom stereocenters. The number of rotatable bonds is 1. The first kappa shape index (κ1) is 8.99. The van der Waals surface area contributed by atoms with Gasteiger partial charge in [0.1, 0.15) is 0 Å². The number of aromatic nitrogens is 2. The van der Waals surface area contributed by atoms with Crippen molar-refractivity contribution in [2.75, 3.05) is 0 Å². The average molecular weight is 286 g/mol. The molecule has 0 saturated heterocycles. The Morgan fingerprint density at radius 2 is 2.15 bits per heavy atom. The minimum Gasteiger partial charge on any atom is -0.240 e. The first-order valence-corrected chi connectivity index (χ1v) is 5.39. The van der Waals surface area contributed by atoms with Crippen LogP contribution in [-0.2, 0) is 0 Å². The van der Waals surface area contributed by atoms with Crippen LogP contribution in [0.15, 0.2) is 24.5 Å². The molecule has 3 heteroatoms. The largest absolute Gasteiger partial charge is 0.240 e. The molecule has 2 aromatic rings. The zero-order valence-electron chi connectivity index (χ0n) is 7.66. The lowest BCUT2D eigenvalue weighted by atomic mass is 10.1. The summed E-state index contributed by atoms with van der Waals surface area (Å²) in [5.74, 6) is 0.539. The fourth-order valence-electron chi connectivity index (χ4n) is 1.42. The predicted octanol–water partition coefficient (Wildman–Crippen LogP) is 3.06. The first-order chi connectivity index (χ1) is 6.18. The van der Waals surface area contributed by atoms with Crippen LogP contribution in [0.3, 0.4) is 0 Å². The lowest BCUT2D eigenvalue weighted by Crippen LogP contribution is -1.89. The van der Waals surface area contributed by atoms with Crippen molar-refractivity contribution in [3.8, 4) is 0 Å². The minimum absolute atomic E-state index is 0.539. The van der Waals surface area contributed by atoms with Gasteiger partial charge in [-0.2, -0.15) is 5.10 Å². The summed E-state index contributed by atoms with van der Waals surface area (Å²) in [5.41, 5.74) is 2.53. The highest BCUT2D eigenvalue weighted by atomic mass is 127. The lowest BCUT2D eigenvalue weighted by molar-refractivity contribution is 0.875. The second-order valence-corrected chi connectivity index (χ2v) is 4.68. The van der Waals surface area contributed by atoms with Crippen LogP contribution >= 0.6 is 22.6 Å². The summed E-state index contributed by atoms with van der Waals surface area (Å²) < 4.78 is 3.15. The van der Waals surface area contributed by atoms with Gasteiger partial charge in [0.2, 0.25) is 0 Å². The van der Waals surface area contributed by atoms with E-state index in [0.717, 1.165) is 0 Å². The first-order valence-electron chi connectivity index (χ1n) is 4.31. The summed E-state index contributed by atoms with van der Waals surface area (Å²) in [6.45, 7) is 4.38. The molecule has 0 aliphatic heterocycles. The van der Waals surface area contributed by atoms with Crippen molar-refractivity contribution in [3.63, 3.8) is 0 Å². The highest BCUT2D eigenvalue weighted by molar-refractivity contribution is 14.1. The molecule has 68 valence electrons. The van der Waals surface area contributed by atoms with Crippen molar-refractivity contribution in [3.05, 3.63) is 33.7 Å². The van der Waals surface area contributed by atoms with Gasteiger partial charge in [0.05, 0.1) is 11.7 Å². The molecule has 0 aliphatic carbocycles. The summed E-state index contributed by atoms with van der Waals surface area (Å²) in [6, 6.07) is 4.24. The molecule has 0 N–H and O–H groups in total. The molecule has 0 fully saturated rings. The van der Waals surface area contributed by atoms with Gasteiger partial charge in [-0.25, -0.2) is 4.52 Å². The molecule has 0 unspecified atom stereocenters. The Bertz CT molecular complexity index is 431. The van der Waals surface area contributed by atoms with E-state index in [2.05, 4.69) is 53.7 Å². The van der Waals surface area contributed by atoms with Crippen molar-refractivity contribution in [1.82, 2.24) is 9.61 Å². The van der Waals surface area contributed by atoms with Gasteiger partial charge >= 0.3 is 0 Å². The quantitative estimate of drug-likeness (QED) is 0.736. The van der Waals surface area contributed by atoms with E-state index in [-0.39, 0.29) is 0 Å². The maximum Gasteiger partial charge on any atom is 0.0696 e. The third-order valence-corrected chi connectivity index (χ3v) is 2.77. The molecule has 0 amide bonds. The molecule has 2 rings (SSSR count). The van der Waals surface area contributed by atoms with Crippen LogP contribution in [0.1, 0.15) is 25.3 Å². The van der Waals surface area contributed by atoms with Crippen LogP contribution in [0.25, 0.3) is 5.52 Å². The molecular formula is C10H11IN2.